The molecule has 1 aliphatic rings. The summed E-state index contributed by atoms with van der Waals surface area (Å²) in [6.07, 6.45) is 3.45. The maximum atomic E-state index is 12.4. The molecule has 0 amide bonds. The molecule has 1 aromatic rings. The van der Waals surface area contributed by atoms with Gasteiger partial charge in [-0.05, 0) is 53.6 Å². The van der Waals surface area contributed by atoms with Crippen LogP contribution in [0.25, 0.3) is 0 Å². The summed E-state index contributed by atoms with van der Waals surface area (Å²) in [6.45, 7) is 10.7. The van der Waals surface area contributed by atoms with Gasteiger partial charge in [0.2, 0.25) is 0 Å². The van der Waals surface area contributed by atoms with Gasteiger partial charge in [0.15, 0.2) is 5.11 Å². The van der Waals surface area contributed by atoms with Gasteiger partial charge < -0.3 is 5.32 Å². The Balaban J connectivity index is 1.94. The predicted octanol–water partition coefficient (Wildman–Crippen LogP) is 3.47. The Morgan fingerprint density at radius 1 is 1.12 bits per heavy atom. The fraction of sp³-hybridized carbons (Fsp3) is 0.632. The largest absolute Gasteiger partial charge is 0.359 e. The lowest BCUT2D eigenvalue weighted by molar-refractivity contribution is 0.224. The number of thiocarbonyl (C=S) groups is 1. The molecule has 0 unspecified atom stereocenters. The molecule has 5 nitrogen and oxygen atoms in total. The Morgan fingerprint density at radius 2 is 1.73 bits per heavy atom. The van der Waals surface area contributed by atoms with E-state index < -0.39 is 10.0 Å². The summed E-state index contributed by atoms with van der Waals surface area (Å²) in [7, 11) is -3.67. The van der Waals surface area contributed by atoms with E-state index in [1.165, 1.54) is 6.42 Å². The quantitative estimate of drug-likeness (QED) is 0.536. The molecule has 0 aromatic heterocycles. The smallest absolute Gasteiger partial charge is 0.257 e. The average molecular weight is 398 g/mol. The Bertz CT molecular complexity index is 724. The van der Waals surface area contributed by atoms with E-state index in [4.69, 9.17) is 12.2 Å². The Morgan fingerprint density at radius 3 is 2.31 bits per heavy atom. The molecule has 1 saturated carbocycles. The molecular weight excluding hydrogens is 366 g/mol. The molecule has 1 aromatic carbocycles. The summed E-state index contributed by atoms with van der Waals surface area (Å²) >= 11 is 5.26. The number of rotatable bonds is 4. The first-order valence-corrected chi connectivity index (χ1v) is 11.1. The van der Waals surface area contributed by atoms with E-state index in [1.54, 1.807) is 12.1 Å². The summed E-state index contributed by atoms with van der Waals surface area (Å²) in [5, 5.41) is 3.56. The monoisotopic (exact) mass is 397 g/mol. The maximum absolute atomic E-state index is 12.4. The highest BCUT2D eigenvalue weighted by Crippen LogP contribution is 2.29. The maximum Gasteiger partial charge on any atom is 0.257 e. The Hall–Kier alpha value is -1.18. The number of hydrogen-bond acceptors (Lipinski definition) is 3. The molecule has 2 rings (SSSR count). The van der Waals surface area contributed by atoms with Crippen molar-refractivity contribution in [1.82, 2.24) is 15.6 Å². The van der Waals surface area contributed by atoms with E-state index in [1.807, 2.05) is 12.1 Å². The van der Waals surface area contributed by atoms with Gasteiger partial charge >= 0.3 is 0 Å². The second-order valence-corrected chi connectivity index (χ2v) is 10.4. The van der Waals surface area contributed by atoms with Crippen molar-refractivity contribution < 1.29 is 8.42 Å². The van der Waals surface area contributed by atoms with Crippen molar-refractivity contribution in [3.05, 3.63) is 29.8 Å². The van der Waals surface area contributed by atoms with Gasteiger partial charge in [-0.25, -0.2) is 8.42 Å². The standard InChI is InChI=1S/C19H31N3O2S2/c1-13-7-6-8-17(14(13)2)20-18(25)21-22-26(23,24)16-11-9-15(10-12-16)19(3,4)5/h9-14,17,22H,6-8H2,1-5H3,(H2,20,21,25)/t13-,14+,17-/m1/s1. The van der Waals surface area contributed by atoms with Crippen LogP contribution in [0.1, 0.15) is 59.4 Å². The van der Waals surface area contributed by atoms with Crippen molar-refractivity contribution in [3.63, 3.8) is 0 Å². The van der Waals surface area contributed by atoms with Gasteiger partial charge in [-0.1, -0.05) is 59.6 Å². The van der Waals surface area contributed by atoms with E-state index in [-0.39, 0.29) is 16.4 Å². The van der Waals surface area contributed by atoms with Crippen LogP contribution in [0.2, 0.25) is 0 Å². The van der Waals surface area contributed by atoms with Crippen molar-refractivity contribution in [2.75, 3.05) is 0 Å². The Labute approximate surface area is 163 Å². The van der Waals surface area contributed by atoms with Crippen molar-refractivity contribution in [2.24, 2.45) is 11.8 Å². The van der Waals surface area contributed by atoms with Gasteiger partial charge in [0.25, 0.3) is 10.0 Å². The van der Waals surface area contributed by atoms with Gasteiger partial charge in [0.05, 0.1) is 4.90 Å². The van der Waals surface area contributed by atoms with Crippen LogP contribution in [0, 0.1) is 11.8 Å². The van der Waals surface area contributed by atoms with Crippen LogP contribution < -0.4 is 15.6 Å². The number of sulfonamides is 1. The second kappa shape index (κ2) is 8.23. The molecule has 0 spiro atoms. The minimum atomic E-state index is -3.67. The van der Waals surface area contributed by atoms with E-state index >= 15 is 0 Å². The molecule has 3 atom stereocenters. The molecule has 0 aliphatic heterocycles. The normalized spacial score (nSPS) is 24.1. The highest BCUT2D eigenvalue weighted by molar-refractivity contribution is 7.89. The minimum absolute atomic E-state index is 0.0206. The molecule has 0 radical (unpaired) electrons. The van der Waals surface area contributed by atoms with Gasteiger partial charge in [0, 0.05) is 6.04 Å². The number of hydrazine groups is 1. The van der Waals surface area contributed by atoms with Crippen LogP contribution in [0.3, 0.4) is 0 Å². The van der Waals surface area contributed by atoms with Gasteiger partial charge in [-0.15, -0.1) is 4.83 Å². The molecule has 146 valence electrons. The lowest BCUT2D eigenvalue weighted by atomic mass is 9.78. The molecule has 0 bridgehead atoms. The second-order valence-electron chi connectivity index (χ2n) is 8.35. The summed E-state index contributed by atoms with van der Waals surface area (Å²) in [4.78, 5) is 2.58. The van der Waals surface area contributed by atoms with Crippen molar-refractivity contribution in [1.29, 1.82) is 0 Å². The van der Waals surface area contributed by atoms with Crippen LogP contribution >= 0.6 is 12.2 Å². The topological polar surface area (TPSA) is 70.2 Å². The SMILES string of the molecule is C[C@H]1[C@H](C)CCC[C@H]1NC(=S)NNS(=O)(=O)c1ccc(C(C)(C)C)cc1. The predicted molar refractivity (Wildman–Crippen MR) is 110 cm³/mol. The molecule has 3 N–H and O–H groups in total. The summed E-state index contributed by atoms with van der Waals surface area (Å²) in [5.74, 6) is 1.15. The van der Waals surface area contributed by atoms with E-state index in [0.29, 0.717) is 16.9 Å². The molecule has 7 heteroatoms. The summed E-state index contributed by atoms with van der Waals surface area (Å²) < 4.78 is 24.9. The first-order chi connectivity index (χ1) is 12.0. The van der Waals surface area contributed by atoms with Crippen molar-refractivity contribution >= 4 is 27.4 Å². The summed E-state index contributed by atoms with van der Waals surface area (Å²) in [6, 6.07) is 7.19. The number of hydrogen-bond donors (Lipinski definition) is 3. The lowest BCUT2D eigenvalue weighted by Gasteiger charge is -2.35. The van der Waals surface area contributed by atoms with Gasteiger partial charge in [0.1, 0.15) is 0 Å². The van der Waals surface area contributed by atoms with Gasteiger partial charge in [-0.2, -0.15) is 0 Å². The highest BCUT2D eigenvalue weighted by Gasteiger charge is 2.27. The van der Waals surface area contributed by atoms with Crippen LogP contribution in [0.4, 0.5) is 0 Å². The fourth-order valence-electron chi connectivity index (χ4n) is 3.30. The Kier molecular flexibility index (Phi) is 6.69. The first-order valence-electron chi connectivity index (χ1n) is 9.19. The highest BCUT2D eigenvalue weighted by atomic mass is 32.2. The summed E-state index contributed by atoms with van der Waals surface area (Å²) in [5.41, 5.74) is 3.70. The van der Waals surface area contributed by atoms with Crippen molar-refractivity contribution in [3.8, 4) is 0 Å². The van der Waals surface area contributed by atoms with Crippen LogP contribution in [-0.2, 0) is 15.4 Å². The first kappa shape index (κ1) is 21.1. The molecule has 26 heavy (non-hydrogen) atoms. The zero-order valence-electron chi connectivity index (χ0n) is 16.3. The zero-order chi connectivity index (χ0) is 19.5. The minimum Gasteiger partial charge on any atom is -0.359 e. The van der Waals surface area contributed by atoms with E-state index in [9.17, 15) is 8.42 Å². The third-order valence-electron chi connectivity index (χ3n) is 5.35. The number of benzene rings is 1. The van der Waals surface area contributed by atoms with E-state index in [0.717, 1.165) is 18.4 Å². The van der Waals surface area contributed by atoms with Crippen LogP contribution in [0.15, 0.2) is 29.2 Å². The number of nitrogens with one attached hydrogen (secondary N) is 3. The third-order valence-corrected chi connectivity index (χ3v) is 6.84. The zero-order valence-corrected chi connectivity index (χ0v) is 17.9. The molecule has 1 fully saturated rings. The fourth-order valence-corrected chi connectivity index (χ4v) is 4.41. The van der Waals surface area contributed by atoms with Crippen molar-refractivity contribution in [2.45, 2.75) is 70.2 Å². The van der Waals surface area contributed by atoms with Crippen LogP contribution in [-0.4, -0.2) is 19.6 Å². The average Bonchev–Trinajstić information content (AvgIpc) is 2.57. The van der Waals surface area contributed by atoms with E-state index in [2.05, 4.69) is 50.2 Å². The molecule has 0 saturated heterocycles. The molecular formula is C19H31N3O2S2. The molecule has 1 aliphatic carbocycles. The van der Waals surface area contributed by atoms with Gasteiger partial charge in [-0.3, -0.25) is 5.43 Å². The lowest BCUT2D eigenvalue weighted by Crippen LogP contribution is -2.52. The van der Waals surface area contributed by atoms with Crippen LogP contribution in [0.5, 0.6) is 0 Å². The molecule has 0 heterocycles. The third kappa shape index (κ3) is 5.41.